The van der Waals surface area contributed by atoms with Crippen molar-refractivity contribution >= 4 is 0 Å². The SMILES string of the molecule is C[C@@H]1O[C@@H](O[C@H]2[C@H](O[C@@H]3[C@@H](O)[C@H](O)[C@@H](C)O[C@H]3O)O[C@H](CO)[C@@H](O)[C@@H]2O)[C@H](O)[C@H](O)[C@H]1O[C@@H]1O[C@H](C)[C@@H](O)[C@H](O)[C@H]1O. The van der Waals surface area contributed by atoms with Gasteiger partial charge in [-0.3, -0.25) is 0 Å². The maximum Gasteiger partial charge on any atom is 0.187 e. The Morgan fingerprint density at radius 2 is 0.881 bits per heavy atom. The number of aliphatic hydroxyl groups is 11. The molecule has 0 saturated carbocycles. The first-order valence-electron chi connectivity index (χ1n) is 13.7. The fourth-order valence-corrected chi connectivity index (χ4v) is 5.37. The van der Waals surface area contributed by atoms with Crippen LogP contribution in [0.3, 0.4) is 0 Å². The van der Waals surface area contributed by atoms with E-state index in [1.165, 1.54) is 20.8 Å². The van der Waals surface area contributed by atoms with E-state index in [9.17, 15) is 56.2 Å². The number of rotatable bonds is 7. The van der Waals surface area contributed by atoms with Crippen LogP contribution in [-0.4, -0.2) is 186 Å². The quantitative estimate of drug-likeness (QED) is 0.126. The summed E-state index contributed by atoms with van der Waals surface area (Å²) in [6.07, 6.45) is -31.1. The summed E-state index contributed by atoms with van der Waals surface area (Å²) in [5.74, 6) is 0. The van der Waals surface area contributed by atoms with Gasteiger partial charge in [-0.05, 0) is 20.8 Å². The minimum absolute atomic E-state index is 0.784. The van der Waals surface area contributed by atoms with Crippen molar-refractivity contribution in [3.8, 4) is 0 Å². The molecule has 20 atom stereocenters. The molecule has 4 saturated heterocycles. The summed E-state index contributed by atoms with van der Waals surface area (Å²) in [5, 5.41) is 114. The molecule has 42 heavy (non-hydrogen) atoms. The van der Waals surface area contributed by atoms with Crippen LogP contribution in [0.5, 0.6) is 0 Å². The molecule has 0 amide bonds. The van der Waals surface area contributed by atoms with E-state index in [0.29, 0.717) is 0 Å². The topological polar surface area (TPSA) is 287 Å². The second-order valence-corrected chi connectivity index (χ2v) is 11.1. The lowest BCUT2D eigenvalue weighted by molar-refractivity contribution is -0.395. The van der Waals surface area contributed by atoms with E-state index in [-0.39, 0.29) is 0 Å². The monoisotopic (exact) mass is 618 g/mol. The van der Waals surface area contributed by atoms with Crippen molar-refractivity contribution in [2.45, 2.75) is 144 Å². The molecule has 0 spiro atoms. The molecule has 0 unspecified atom stereocenters. The van der Waals surface area contributed by atoms with Crippen molar-refractivity contribution in [1.82, 2.24) is 0 Å². The Kier molecular flexibility index (Phi) is 11.2. The summed E-state index contributed by atoms with van der Waals surface area (Å²) in [5.41, 5.74) is 0. The maximum absolute atomic E-state index is 10.9. The van der Waals surface area contributed by atoms with Gasteiger partial charge in [-0.25, -0.2) is 0 Å². The van der Waals surface area contributed by atoms with Gasteiger partial charge in [-0.1, -0.05) is 0 Å². The lowest BCUT2D eigenvalue weighted by Crippen LogP contribution is -2.67. The molecule has 0 aromatic heterocycles. The van der Waals surface area contributed by atoms with E-state index in [1.54, 1.807) is 0 Å². The van der Waals surface area contributed by atoms with Gasteiger partial charge in [0.25, 0.3) is 0 Å². The zero-order valence-corrected chi connectivity index (χ0v) is 23.0. The summed E-state index contributed by atoms with van der Waals surface area (Å²) >= 11 is 0. The lowest BCUT2D eigenvalue weighted by Gasteiger charge is -2.48. The molecule has 11 N–H and O–H groups in total. The predicted molar refractivity (Wildman–Crippen MR) is 130 cm³/mol. The fraction of sp³-hybridized carbons (Fsp3) is 1.00. The molecule has 0 radical (unpaired) electrons. The van der Waals surface area contributed by atoms with Crippen molar-refractivity contribution in [3.05, 3.63) is 0 Å². The van der Waals surface area contributed by atoms with Gasteiger partial charge in [-0.2, -0.15) is 0 Å². The summed E-state index contributed by atoms with van der Waals surface area (Å²) < 4.78 is 38.6. The minimum Gasteiger partial charge on any atom is -0.394 e. The van der Waals surface area contributed by atoms with Crippen molar-refractivity contribution in [2.24, 2.45) is 0 Å². The highest BCUT2D eigenvalue weighted by molar-refractivity contribution is 4.96. The number of aliphatic hydroxyl groups excluding tert-OH is 11. The predicted octanol–water partition coefficient (Wildman–Crippen LogP) is -6.67. The lowest BCUT2D eigenvalue weighted by atomic mass is 9.96. The molecule has 4 heterocycles. The number of ether oxygens (including phenoxy) is 7. The largest absolute Gasteiger partial charge is 0.394 e. The van der Waals surface area contributed by atoms with E-state index >= 15 is 0 Å². The first-order chi connectivity index (χ1) is 19.7. The van der Waals surface area contributed by atoms with E-state index in [0.717, 1.165) is 0 Å². The second-order valence-electron chi connectivity index (χ2n) is 11.1. The summed E-state index contributed by atoms with van der Waals surface area (Å²) in [7, 11) is 0. The van der Waals surface area contributed by atoms with Gasteiger partial charge in [0, 0.05) is 0 Å². The van der Waals surface area contributed by atoms with E-state index in [2.05, 4.69) is 0 Å². The normalized spacial score (nSPS) is 55.9. The Balaban J connectivity index is 1.48. The second kappa shape index (κ2) is 13.7. The molecule has 18 heteroatoms. The highest BCUT2D eigenvalue weighted by atomic mass is 16.8. The van der Waals surface area contributed by atoms with Crippen molar-refractivity contribution < 1.29 is 89.3 Å². The number of hydrogen-bond acceptors (Lipinski definition) is 18. The van der Waals surface area contributed by atoms with Crippen LogP contribution in [0.1, 0.15) is 20.8 Å². The molecule has 246 valence electrons. The van der Waals surface area contributed by atoms with Crippen LogP contribution in [0.2, 0.25) is 0 Å². The van der Waals surface area contributed by atoms with Gasteiger partial charge in [-0.15, -0.1) is 0 Å². The van der Waals surface area contributed by atoms with Gasteiger partial charge in [0.15, 0.2) is 25.2 Å². The molecule has 4 fully saturated rings. The zero-order chi connectivity index (χ0) is 31.2. The molecule has 0 aromatic rings. The zero-order valence-electron chi connectivity index (χ0n) is 23.0. The first kappa shape index (κ1) is 34.2. The molecular formula is C24H42O18. The third-order valence-corrected chi connectivity index (χ3v) is 8.09. The molecule has 0 aliphatic carbocycles. The minimum atomic E-state index is -1.89. The fourth-order valence-electron chi connectivity index (χ4n) is 5.37. The van der Waals surface area contributed by atoms with Crippen LogP contribution in [0.4, 0.5) is 0 Å². The highest BCUT2D eigenvalue weighted by Gasteiger charge is 2.54. The maximum atomic E-state index is 10.9. The van der Waals surface area contributed by atoms with Crippen molar-refractivity contribution in [3.63, 3.8) is 0 Å². The molecule has 0 bridgehead atoms. The third kappa shape index (κ3) is 6.62. The van der Waals surface area contributed by atoms with Crippen molar-refractivity contribution in [2.75, 3.05) is 6.61 Å². The Morgan fingerprint density at radius 3 is 1.50 bits per heavy atom. The van der Waals surface area contributed by atoms with Crippen LogP contribution in [0.25, 0.3) is 0 Å². The van der Waals surface area contributed by atoms with Crippen LogP contribution in [0, 0.1) is 0 Å². The molecule has 18 nitrogen and oxygen atoms in total. The van der Waals surface area contributed by atoms with Crippen LogP contribution in [-0.2, 0) is 33.2 Å². The average Bonchev–Trinajstić information content (AvgIpc) is 2.95. The molecule has 4 rings (SSSR count). The summed E-state index contributed by atoms with van der Waals surface area (Å²) in [6.45, 7) is 3.45. The standard InChI is InChI=1S/C24H42O18/c1-5-10(27)13(30)19(21(35)36-5)41-24-20(14(31)11(28)8(4-25)39-24)42-23-17(34)15(32)18(7(3)38-23)40-22-16(33)12(29)9(26)6(2)37-22/h5-35H,4H2,1-3H3/t5-,6-,7+,8-,9-,10-,11-,12+,13+,14+,15+,16-,17-,18+,19-,20-,21-,22+,23+,24+/m1/s1. The Bertz CT molecular complexity index is 869. The van der Waals surface area contributed by atoms with Crippen LogP contribution >= 0.6 is 0 Å². The Labute approximate surface area is 240 Å². The summed E-state index contributed by atoms with van der Waals surface area (Å²) in [4.78, 5) is 0. The van der Waals surface area contributed by atoms with Gasteiger partial charge in [0.1, 0.15) is 79.4 Å². The smallest absolute Gasteiger partial charge is 0.187 e. The average molecular weight is 619 g/mol. The molecule has 4 aliphatic heterocycles. The first-order valence-corrected chi connectivity index (χ1v) is 13.7. The van der Waals surface area contributed by atoms with Gasteiger partial charge < -0.3 is 89.3 Å². The van der Waals surface area contributed by atoms with E-state index in [4.69, 9.17) is 33.2 Å². The van der Waals surface area contributed by atoms with Gasteiger partial charge >= 0.3 is 0 Å². The van der Waals surface area contributed by atoms with Gasteiger partial charge in [0.05, 0.1) is 24.9 Å². The van der Waals surface area contributed by atoms with Crippen LogP contribution < -0.4 is 0 Å². The van der Waals surface area contributed by atoms with Crippen molar-refractivity contribution in [1.29, 1.82) is 0 Å². The Morgan fingerprint density at radius 1 is 0.429 bits per heavy atom. The van der Waals surface area contributed by atoms with E-state index < -0.39 is 129 Å². The molecular weight excluding hydrogens is 576 g/mol. The molecule has 4 aliphatic rings. The van der Waals surface area contributed by atoms with Gasteiger partial charge in [0.2, 0.25) is 0 Å². The molecule has 0 aromatic carbocycles. The highest BCUT2D eigenvalue weighted by Crippen LogP contribution is 2.34. The Hall–Kier alpha value is -0.720. The van der Waals surface area contributed by atoms with Crippen LogP contribution in [0.15, 0.2) is 0 Å². The third-order valence-electron chi connectivity index (χ3n) is 8.09. The summed E-state index contributed by atoms with van der Waals surface area (Å²) in [6, 6.07) is 0. The number of hydrogen-bond donors (Lipinski definition) is 11. The van der Waals surface area contributed by atoms with E-state index in [1.807, 2.05) is 0 Å².